The zero-order valence-electron chi connectivity index (χ0n) is 15.7. The van der Waals surface area contributed by atoms with Gasteiger partial charge in [0.1, 0.15) is 18.2 Å². The first-order chi connectivity index (χ1) is 13.1. The Kier molecular flexibility index (Phi) is 6.76. The van der Waals surface area contributed by atoms with Crippen LogP contribution in [0.5, 0.6) is 5.75 Å². The van der Waals surface area contributed by atoms with E-state index < -0.39 is 0 Å². The summed E-state index contributed by atoms with van der Waals surface area (Å²) < 4.78 is 20.0. The first-order valence-electron chi connectivity index (χ1n) is 9.41. The zero-order chi connectivity index (χ0) is 19.1. The first kappa shape index (κ1) is 19.3. The van der Waals surface area contributed by atoms with Gasteiger partial charge in [-0.3, -0.25) is 14.7 Å². The topological polar surface area (TPSA) is 45.7 Å². The summed E-state index contributed by atoms with van der Waals surface area (Å²) in [5, 5.41) is 0. The molecule has 0 fully saturated rings. The van der Waals surface area contributed by atoms with E-state index >= 15 is 0 Å². The van der Waals surface area contributed by atoms with E-state index in [1.165, 1.54) is 6.07 Å². The van der Waals surface area contributed by atoms with Crippen LogP contribution >= 0.6 is 0 Å². The van der Waals surface area contributed by atoms with Crippen LogP contribution in [-0.4, -0.2) is 46.9 Å². The molecule has 1 aliphatic rings. The molecule has 5 nitrogen and oxygen atoms in total. The number of carbonyl (C=O) groups is 1. The number of hydrogen-bond donors (Lipinski definition) is 0. The van der Waals surface area contributed by atoms with Gasteiger partial charge in [-0.15, -0.1) is 0 Å². The zero-order valence-corrected chi connectivity index (χ0v) is 15.7. The third kappa shape index (κ3) is 5.50. The molecule has 0 aliphatic carbocycles. The highest BCUT2D eigenvalue weighted by Crippen LogP contribution is 2.21. The molecule has 0 saturated heterocycles. The quantitative estimate of drug-likeness (QED) is 0.813. The molecule has 27 heavy (non-hydrogen) atoms. The Hall–Kier alpha value is -2.47. The fourth-order valence-electron chi connectivity index (χ4n) is 3.27. The lowest BCUT2D eigenvalue weighted by atomic mass is 10.1. The Bertz CT molecular complexity index is 769. The lowest BCUT2D eigenvalue weighted by molar-refractivity contribution is -0.129. The number of pyridine rings is 1. The van der Waals surface area contributed by atoms with Crippen LogP contribution in [0.1, 0.15) is 31.0 Å². The van der Waals surface area contributed by atoms with Crippen LogP contribution in [0.15, 0.2) is 42.6 Å². The van der Waals surface area contributed by atoms with Crippen molar-refractivity contribution in [2.24, 2.45) is 0 Å². The van der Waals surface area contributed by atoms with Crippen LogP contribution in [0, 0.1) is 5.82 Å². The Morgan fingerprint density at radius 1 is 1.15 bits per heavy atom. The van der Waals surface area contributed by atoms with E-state index in [9.17, 15) is 9.18 Å². The summed E-state index contributed by atoms with van der Waals surface area (Å²) in [6, 6.07) is 10.9. The van der Waals surface area contributed by atoms with E-state index in [-0.39, 0.29) is 11.7 Å². The molecule has 0 N–H and O–H groups in total. The lowest BCUT2D eigenvalue weighted by Gasteiger charge is -2.26. The molecule has 0 atom stereocenters. The Balaban J connectivity index is 1.73. The first-order valence-corrected chi connectivity index (χ1v) is 9.41. The summed E-state index contributed by atoms with van der Waals surface area (Å²) in [6.07, 6.45) is 3.45. The number of halogens is 1. The van der Waals surface area contributed by atoms with Crippen molar-refractivity contribution in [2.75, 3.05) is 26.2 Å². The average Bonchev–Trinajstić information content (AvgIpc) is 2.65. The van der Waals surface area contributed by atoms with Crippen molar-refractivity contribution >= 4 is 5.91 Å². The van der Waals surface area contributed by atoms with Crippen molar-refractivity contribution in [3.8, 4) is 5.75 Å². The molecule has 1 amide bonds. The minimum Gasteiger partial charge on any atom is -0.492 e. The van der Waals surface area contributed by atoms with Crippen molar-refractivity contribution in [3.63, 3.8) is 0 Å². The summed E-state index contributed by atoms with van der Waals surface area (Å²) in [6.45, 7) is 5.34. The van der Waals surface area contributed by atoms with Crippen LogP contribution in [0.3, 0.4) is 0 Å². The number of nitrogens with zero attached hydrogens (tertiary/aromatic N) is 3. The van der Waals surface area contributed by atoms with Gasteiger partial charge < -0.3 is 9.64 Å². The molecular weight excluding hydrogens is 345 g/mol. The molecule has 2 aromatic rings. The standard InChI is InChI=1S/C21H26FN3O2/c1-17(26)25-12-5-4-11-24(16-20-19(22)8-6-10-23-20)13-14-27-21-9-3-2-7-18(21)15-25/h2-3,6-10H,4-5,11-16H2,1H3. The van der Waals surface area contributed by atoms with Gasteiger partial charge in [-0.05, 0) is 37.6 Å². The smallest absolute Gasteiger partial charge is 0.219 e. The molecule has 0 bridgehead atoms. The fraction of sp³-hybridized carbons (Fsp3) is 0.429. The predicted octanol–water partition coefficient (Wildman–Crippen LogP) is 3.24. The minimum absolute atomic E-state index is 0.0641. The highest BCUT2D eigenvalue weighted by molar-refractivity contribution is 5.73. The van der Waals surface area contributed by atoms with Crippen molar-refractivity contribution in [3.05, 3.63) is 59.7 Å². The molecule has 1 aromatic carbocycles. The van der Waals surface area contributed by atoms with Crippen LogP contribution in [0.4, 0.5) is 4.39 Å². The van der Waals surface area contributed by atoms with Gasteiger partial charge in [-0.25, -0.2) is 4.39 Å². The van der Waals surface area contributed by atoms with E-state index in [1.54, 1.807) is 19.2 Å². The maximum Gasteiger partial charge on any atom is 0.219 e. The van der Waals surface area contributed by atoms with Gasteiger partial charge in [-0.1, -0.05) is 18.2 Å². The van der Waals surface area contributed by atoms with Gasteiger partial charge in [0, 0.05) is 44.9 Å². The van der Waals surface area contributed by atoms with E-state index in [0.717, 1.165) is 30.7 Å². The maximum absolute atomic E-state index is 14.0. The number of amides is 1. The van der Waals surface area contributed by atoms with E-state index in [0.29, 0.717) is 38.5 Å². The second kappa shape index (κ2) is 9.46. The van der Waals surface area contributed by atoms with Gasteiger partial charge in [0.25, 0.3) is 0 Å². The second-order valence-corrected chi connectivity index (χ2v) is 6.81. The normalized spacial score (nSPS) is 16.6. The van der Waals surface area contributed by atoms with E-state index in [2.05, 4.69) is 9.88 Å². The van der Waals surface area contributed by atoms with Crippen molar-refractivity contribution < 1.29 is 13.9 Å². The maximum atomic E-state index is 14.0. The highest BCUT2D eigenvalue weighted by Gasteiger charge is 2.16. The summed E-state index contributed by atoms with van der Waals surface area (Å²) in [7, 11) is 0. The van der Waals surface area contributed by atoms with E-state index in [4.69, 9.17) is 4.74 Å². The second-order valence-electron chi connectivity index (χ2n) is 6.81. The van der Waals surface area contributed by atoms with Gasteiger partial charge in [0.05, 0.1) is 5.69 Å². The van der Waals surface area contributed by atoms with Gasteiger partial charge in [0.15, 0.2) is 0 Å². The third-order valence-electron chi connectivity index (χ3n) is 4.80. The van der Waals surface area contributed by atoms with Crippen molar-refractivity contribution in [1.82, 2.24) is 14.8 Å². The molecule has 3 rings (SSSR count). The molecule has 0 radical (unpaired) electrons. The monoisotopic (exact) mass is 371 g/mol. The Morgan fingerprint density at radius 3 is 2.78 bits per heavy atom. The number of ether oxygens (including phenoxy) is 1. The summed E-state index contributed by atoms with van der Waals surface area (Å²) >= 11 is 0. The number of rotatable bonds is 2. The van der Waals surface area contributed by atoms with Crippen LogP contribution in [0.2, 0.25) is 0 Å². The highest BCUT2D eigenvalue weighted by atomic mass is 19.1. The van der Waals surface area contributed by atoms with Gasteiger partial charge >= 0.3 is 0 Å². The Labute approximate surface area is 159 Å². The van der Waals surface area contributed by atoms with Crippen LogP contribution in [-0.2, 0) is 17.9 Å². The number of aromatic nitrogens is 1. The average molecular weight is 371 g/mol. The molecule has 0 spiro atoms. The number of fused-ring (bicyclic) bond motifs is 1. The number of para-hydroxylation sites is 1. The molecular formula is C21H26FN3O2. The van der Waals surface area contributed by atoms with Crippen LogP contribution in [0.25, 0.3) is 0 Å². The summed E-state index contributed by atoms with van der Waals surface area (Å²) in [5.41, 5.74) is 1.46. The molecule has 6 heteroatoms. The Morgan fingerprint density at radius 2 is 1.96 bits per heavy atom. The summed E-state index contributed by atoms with van der Waals surface area (Å²) in [5.74, 6) is 0.584. The molecule has 2 heterocycles. The van der Waals surface area contributed by atoms with Gasteiger partial charge in [-0.2, -0.15) is 0 Å². The molecule has 1 aliphatic heterocycles. The summed E-state index contributed by atoms with van der Waals surface area (Å²) in [4.78, 5) is 20.2. The third-order valence-corrected chi connectivity index (χ3v) is 4.80. The van der Waals surface area contributed by atoms with E-state index in [1.807, 2.05) is 29.2 Å². The van der Waals surface area contributed by atoms with Crippen molar-refractivity contribution in [1.29, 1.82) is 0 Å². The number of benzene rings is 1. The van der Waals surface area contributed by atoms with Crippen LogP contribution < -0.4 is 4.74 Å². The van der Waals surface area contributed by atoms with Crippen molar-refractivity contribution in [2.45, 2.75) is 32.9 Å². The predicted molar refractivity (Wildman–Crippen MR) is 102 cm³/mol. The largest absolute Gasteiger partial charge is 0.492 e. The number of hydrogen-bond acceptors (Lipinski definition) is 4. The lowest BCUT2D eigenvalue weighted by Crippen LogP contribution is -2.33. The van der Waals surface area contributed by atoms with Gasteiger partial charge in [0.2, 0.25) is 5.91 Å². The minimum atomic E-state index is -0.280. The molecule has 144 valence electrons. The molecule has 0 unspecified atom stereocenters. The molecule has 1 aromatic heterocycles. The molecule has 0 saturated carbocycles. The number of carbonyl (C=O) groups excluding carboxylic acids is 1. The fourth-order valence-corrected chi connectivity index (χ4v) is 3.27. The SMILES string of the molecule is CC(=O)N1CCCCN(Cc2ncccc2F)CCOc2ccccc2C1.